The number of halogens is 3. The first-order valence-electron chi connectivity index (χ1n) is 10.7. The van der Waals surface area contributed by atoms with Crippen LogP contribution in [-0.4, -0.2) is 32.4 Å². The van der Waals surface area contributed by atoms with Crippen LogP contribution in [0.15, 0.2) is 67.0 Å². The third kappa shape index (κ3) is 4.89. The predicted molar refractivity (Wildman–Crippen MR) is 134 cm³/mol. The molecule has 0 saturated heterocycles. The average Bonchev–Trinajstić information content (AvgIpc) is 3.50. The van der Waals surface area contributed by atoms with Crippen LogP contribution in [0.3, 0.4) is 0 Å². The molecule has 4 heterocycles. The van der Waals surface area contributed by atoms with E-state index in [2.05, 4.69) is 25.6 Å². The van der Waals surface area contributed by atoms with Crippen molar-refractivity contribution in [1.82, 2.24) is 19.4 Å². The zero-order valence-electron chi connectivity index (χ0n) is 19.1. The lowest BCUT2D eigenvalue weighted by Gasteiger charge is -2.09. The summed E-state index contributed by atoms with van der Waals surface area (Å²) in [5.74, 6) is 0.0621. The molecule has 37 heavy (non-hydrogen) atoms. The number of nitrogen functional groups attached to an aromatic ring is 1. The van der Waals surface area contributed by atoms with Crippen LogP contribution in [0.2, 0.25) is 0 Å². The van der Waals surface area contributed by atoms with E-state index in [4.69, 9.17) is 10.5 Å². The number of nitrogens with zero attached hydrogens (tertiary/aromatic N) is 4. The van der Waals surface area contributed by atoms with Gasteiger partial charge in [-0.1, -0.05) is 12.1 Å². The molecule has 188 valence electrons. The Morgan fingerprint density at radius 2 is 1.92 bits per heavy atom. The van der Waals surface area contributed by atoms with Crippen molar-refractivity contribution in [1.29, 1.82) is 0 Å². The van der Waals surface area contributed by atoms with Crippen LogP contribution in [0, 0.1) is 0 Å². The molecule has 0 saturated carbocycles. The molecule has 5 aromatic rings. The number of benzene rings is 1. The molecular formula is C24H18F3N7O2S. The predicted octanol–water partition coefficient (Wildman–Crippen LogP) is 5.46. The first-order valence-corrected chi connectivity index (χ1v) is 11.5. The van der Waals surface area contributed by atoms with E-state index in [1.165, 1.54) is 42.1 Å². The Hall–Kier alpha value is -4.65. The van der Waals surface area contributed by atoms with Gasteiger partial charge in [0, 0.05) is 18.5 Å². The number of alkyl halides is 3. The molecule has 4 N–H and O–H groups in total. The van der Waals surface area contributed by atoms with Gasteiger partial charge in [0.2, 0.25) is 5.95 Å². The highest BCUT2D eigenvalue weighted by Crippen LogP contribution is 2.37. The summed E-state index contributed by atoms with van der Waals surface area (Å²) in [7, 11) is 1.42. The molecule has 0 spiro atoms. The first-order chi connectivity index (χ1) is 17.7. The van der Waals surface area contributed by atoms with Crippen molar-refractivity contribution in [2.45, 2.75) is 6.18 Å². The topological polar surface area (TPSA) is 119 Å². The fourth-order valence-electron chi connectivity index (χ4n) is 3.58. The summed E-state index contributed by atoms with van der Waals surface area (Å²) in [5.41, 5.74) is 5.54. The molecule has 0 bridgehead atoms. The molecule has 0 atom stereocenters. The quantitative estimate of drug-likeness (QED) is 0.252. The second kappa shape index (κ2) is 9.43. The molecule has 13 heteroatoms. The Bertz CT molecular complexity index is 1610. The zero-order chi connectivity index (χ0) is 26.2. The van der Waals surface area contributed by atoms with Crippen LogP contribution in [0.25, 0.3) is 17.0 Å². The number of imidazole rings is 1. The minimum absolute atomic E-state index is 0.0107. The van der Waals surface area contributed by atoms with Gasteiger partial charge in [-0.3, -0.25) is 9.20 Å². The van der Waals surface area contributed by atoms with Gasteiger partial charge in [0.05, 0.1) is 34.1 Å². The number of thiophene rings is 1. The molecule has 9 nitrogen and oxygen atoms in total. The van der Waals surface area contributed by atoms with Crippen LogP contribution in [0.1, 0.15) is 15.4 Å². The van der Waals surface area contributed by atoms with Crippen molar-refractivity contribution < 1.29 is 22.7 Å². The highest BCUT2D eigenvalue weighted by atomic mass is 32.1. The van der Waals surface area contributed by atoms with E-state index in [9.17, 15) is 18.0 Å². The third-order valence-corrected chi connectivity index (χ3v) is 6.27. The van der Waals surface area contributed by atoms with Crippen LogP contribution in [0.5, 0.6) is 5.75 Å². The number of ether oxygens (including phenoxy) is 1. The number of hydrogen-bond acceptors (Lipinski definition) is 8. The number of methoxy groups -OCH3 is 1. The highest BCUT2D eigenvalue weighted by Gasteiger charge is 2.39. The van der Waals surface area contributed by atoms with Crippen LogP contribution < -0.4 is 21.1 Å². The number of nitrogens with two attached hydrogens (primary N) is 1. The van der Waals surface area contributed by atoms with E-state index in [-0.39, 0.29) is 28.9 Å². The normalized spacial score (nSPS) is 11.5. The number of carbonyl (C=O) groups excluding carboxylic acids is 1. The molecule has 1 amide bonds. The van der Waals surface area contributed by atoms with E-state index in [1.807, 2.05) is 0 Å². The maximum atomic E-state index is 13.9. The van der Waals surface area contributed by atoms with Gasteiger partial charge < -0.3 is 21.1 Å². The number of pyridine rings is 1. The number of nitrogens with one attached hydrogen (secondary N) is 2. The third-order valence-electron chi connectivity index (χ3n) is 5.27. The van der Waals surface area contributed by atoms with Crippen LogP contribution >= 0.6 is 11.3 Å². The minimum Gasteiger partial charge on any atom is -0.497 e. The van der Waals surface area contributed by atoms with Crippen molar-refractivity contribution in [3.63, 3.8) is 0 Å². The standard InChI is InChI=1S/C24H18F3N7O2S/c1-36-13-9-11-34-18(12-13)32-21(24(25,26)27)20(34)16-8-10-29-23(31-16)33-19-7-6-17(37-19)22(35)30-15-5-3-2-4-14(15)28/h2-12H,28H2,1H3,(H,30,35)(H,29,31,33). The van der Waals surface area contributed by atoms with Crippen molar-refractivity contribution in [3.8, 4) is 17.1 Å². The molecule has 0 aliphatic carbocycles. The van der Waals surface area contributed by atoms with E-state index in [0.29, 0.717) is 27.0 Å². The molecule has 0 unspecified atom stereocenters. The minimum atomic E-state index is -4.72. The zero-order valence-corrected chi connectivity index (χ0v) is 19.9. The monoisotopic (exact) mass is 525 g/mol. The van der Waals surface area contributed by atoms with Gasteiger partial charge in [-0.15, -0.1) is 11.3 Å². The number of rotatable bonds is 6. The Labute approximate surface area is 211 Å². The maximum absolute atomic E-state index is 13.9. The smallest absolute Gasteiger partial charge is 0.435 e. The lowest BCUT2D eigenvalue weighted by Crippen LogP contribution is -2.11. The second-order valence-corrected chi connectivity index (χ2v) is 8.78. The molecule has 5 rings (SSSR count). The first kappa shape index (κ1) is 24.1. The number of hydrogen-bond donors (Lipinski definition) is 3. The van der Waals surface area contributed by atoms with Gasteiger partial charge in [0.15, 0.2) is 5.69 Å². The summed E-state index contributed by atoms with van der Waals surface area (Å²) >= 11 is 1.12. The lowest BCUT2D eigenvalue weighted by atomic mass is 10.2. The Morgan fingerprint density at radius 3 is 2.68 bits per heavy atom. The van der Waals surface area contributed by atoms with E-state index < -0.39 is 11.9 Å². The Kier molecular flexibility index (Phi) is 6.13. The molecule has 0 fully saturated rings. The highest BCUT2D eigenvalue weighted by molar-refractivity contribution is 7.18. The molecule has 1 aromatic carbocycles. The Morgan fingerprint density at radius 1 is 1.11 bits per heavy atom. The van der Waals surface area contributed by atoms with Gasteiger partial charge in [0.1, 0.15) is 17.1 Å². The Balaban J connectivity index is 1.43. The number of anilines is 4. The van der Waals surface area contributed by atoms with Gasteiger partial charge in [-0.25, -0.2) is 15.0 Å². The molecule has 0 aliphatic rings. The van der Waals surface area contributed by atoms with Gasteiger partial charge in [-0.2, -0.15) is 13.2 Å². The molecular weight excluding hydrogens is 507 g/mol. The SMILES string of the molecule is COc1ccn2c(-c3ccnc(Nc4ccc(C(=O)Nc5ccccc5N)s4)n3)c(C(F)(F)F)nc2c1. The number of aromatic nitrogens is 4. The molecule has 4 aromatic heterocycles. The summed E-state index contributed by atoms with van der Waals surface area (Å²) in [6.07, 6.45) is -1.94. The van der Waals surface area contributed by atoms with Crippen molar-refractivity contribution in [2.75, 3.05) is 23.5 Å². The van der Waals surface area contributed by atoms with E-state index >= 15 is 0 Å². The van der Waals surface area contributed by atoms with Gasteiger partial charge >= 0.3 is 6.18 Å². The maximum Gasteiger partial charge on any atom is 0.435 e. The van der Waals surface area contributed by atoms with Gasteiger partial charge in [-0.05, 0) is 36.4 Å². The number of carbonyl (C=O) groups is 1. The van der Waals surface area contributed by atoms with Crippen LogP contribution in [0.4, 0.5) is 35.5 Å². The van der Waals surface area contributed by atoms with E-state index in [0.717, 1.165) is 11.3 Å². The summed E-state index contributed by atoms with van der Waals surface area (Å²) < 4.78 is 47.9. The second-order valence-electron chi connectivity index (χ2n) is 7.70. The fraction of sp³-hybridized carbons (Fsp3) is 0.0833. The fourth-order valence-corrected chi connectivity index (χ4v) is 4.37. The number of fused-ring (bicyclic) bond motifs is 1. The summed E-state index contributed by atoms with van der Waals surface area (Å²) in [4.78, 5) is 25.2. The average molecular weight is 526 g/mol. The summed E-state index contributed by atoms with van der Waals surface area (Å²) in [5, 5.41) is 6.20. The summed E-state index contributed by atoms with van der Waals surface area (Å²) in [6, 6.07) is 14.4. The van der Waals surface area contributed by atoms with Gasteiger partial charge in [0.25, 0.3) is 5.91 Å². The largest absolute Gasteiger partial charge is 0.497 e. The van der Waals surface area contributed by atoms with Crippen molar-refractivity contribution in [3.05, 3.63) is 77.6 Å². The van der Waals surface area contributed by atoms with Crippen molar-refractivity contribution >= 4 is 45.2 Å². The van der Waals surface area contributed by atoms with Crippen molar-refractivity contribution in [2.24, 2.45) is 0 Å². The summed E-state index contributed by atoms with van der Waals surface area (Å²) in [6.45, 7) is 0. The molecule has 0 aliphatic heterocycles. The lowest BCUT2D eigenvalue weighted by molar-refractivity contribution is -0.140. The molecule has 0 radical (unpaired) electrons. The number of para-hydroxylation sites is 2. The number of amides is 1. The van der Waals surface area contributed by atoms with Crippen LogP contribution in [-0.2, 0) is 6.18 Å². The van der Waals surface area contributed by atoms with E-state index in [1.54, 1.807) is 36.4 Å².